The van der Waals surface area contributed by atoms with E-state index in [4.69, 9.17) is 10.00 Å². The Kier molecular flexibility index (Phi) is 3.58. The van der Waals surface area contributed by atoms with Crippen LogP contribution in [0.4, 0.5) is 4.39 Å². The number of nitriles is 1. The quantitative estimate of drug-likeness (QED) is 0.800. The summed E-state index contributed by atoms with van der Waals surface area (Å²) in [6.45, 7) is 0. The van der Waals surface area contributed by atoms with Crippen LogP contribution in [0.15, 0.2) is 36.4 Å². The Morgan fingerprint density at radius 2 is 1.95 bits per heavy atom. The van der Waals surface area contributed by atoms with Crippen LogP contribution in [0, 0.1) is 17.1 Å². The number of aromatic amines is 1. The third kappa shape index (κ3) is 2.42. The number of rotatable bonds is 3. The van der Waals surface area contributed by atoms with E-state index in [1.807, 2.05) is 6.08 Å². The zero-order valence-electron chi connectivity index (χ0n) is 11.8. The molecule has 108 valence electrons. The number of hydrogen-bond donors (Lipinski definition) is 1. The highest BCUT2D eigenvalue weighted by Gasteiger charge is 2.13. The summed E-state index contributed by atoms with van der Waals surface area (Å²) in [5, 5.41) is 17.1. The Balaban J connectivity index is 2.08. The monoisotopic (exact) mass is 293 g/mol. The van der Waals surface area contributed by atoms with Gasteiger partial charge in [0.15, 0.2) is 0 Å². The predicted molar refractivity (Wildman–Crippen MR) is 82.7 cm³/mol. The first-order valence-electron chi connectivity index (χ1n) is 6.61. The van der Waals surface area contributed by atoms with Crippen molar-refractivity contribution < 1.29 is 9.13 Å². The van der Waals surface area contributed by atoms with Crippen molar-refractivity contribution in [2.24, 2.45) is 0 Å². The van der Waals surface area contributed by atoms with Crippen LogP contribution in [0.2, 0.25) is 0 Å². The molecule has 3 rings (SSSR count). The Morgan fingerprint density at radius 1 is 1.18 bits per heavy atom. The van der Waals surface area contributed by atoms with E-state index in [-0.39, 0.29) is 5.82 Å². The lowest BCUT2D eigenvalue weighted by atomic mass is 10.1. The molecule has 5 heteroatoms. The smallest absolute Gasteiger partial charge is 0.148 e. The van der Waals surface area contributed by atoms with Gasteiger partial charge in [0.1, 0.15) is 17.6 Å². The number of nitrogens with zero attached hydrogens (tertiary/aromatic N) is 2. The summed E-state index contributed by atoms with van der Waals surface area (Å²) in [6, 6.07) is 11.7. The first-order valence-corrected chi connectivity index (χ1v) is 6.61. The molecule has 0 bridgehead atoms. The summed E-state index contributed by atoms with van der Waals surface area (Å²) in [4.78, 5) is 0. The number of hydrogen-bond acceptors (Lipinski definition) is 3. The minimum absolute atomic E-state index is 0.275. The van der Waals surface area contributed by atoms with Crippen LogP contribution >= 0.6 is 0 Å². The first-order chi connectivity index (χ1) is 10.7. The second-order valence-corrected chi connectivity index (χ2v) is 4.67. The van der Waals surface area contributed by atoms with Gasteiger partial charge < -0.3 is 4.74 Å². The summed E-state index contributed by atoms with van der Waals surface area (Å²) in [6.07, 6.45) is 3.63. The molecule has 1 N–H and O–H groups in total. The Labute approximate surface area is 126 Å². The van der Waals surface area contributed by atoms with E-state index < -0.39 is 0 Å². The number of halogens is 1. The molecule has 0 fully saturated rings. The largest absolute Gasteiger partial charge is 0.495 e. The molecule has 0 saturated heterocycles. The number of benzene rings is 2. The van der Waals surface area contributed by atoms with Crippen LogP contribution in [0.5, 0.6) is 5.75 Å². The molecule has 3 aromatic rings. The minimum Gasteiger partial charge on any atom is -0.495 e. The normalized spacial score (nSPS) is 11.0. The molecule has 0 amide bonds. The van der Waals surface area contributed by atoms with Crippen molar-refractivity contribution in [3.05, 3.63) is 59.0 Å². The molecule has 0 aliphatic heterocycles. The van der Waals surface area contributed by atoms with Gasteiger partial charge in [-0.05, 0) is 35.9 Å². The van der Waals surface area contributed by atoms with Crippen molar-refractivity contribution in [1.82, 2.24) is 10.2 Å². The van der Waals surface area contributed by atoms with Crippen LogP contribution in [0.3, 0.4) is 0 Å². The van der Waals surface area contributed by atoms with Crippen molar-refractivity contribution in [1.29, 1.82) is 5.26 Å². The van der Waals surface area contributed by atoms with E-state index in [1.54, 1.807) is 30.3 Å². The second-order valence-electron chi connectivity index (χ2n) is 4.67. The van der Waals surface area contributed by atoms with E-state index >= 15 is 0 Å². The van der Waals surface area contributed by atoms with Crippen molar-refractivity contribution in [2.45, 2.75) is 0 Å². The molecular weight excluding hydrogens is 281 g/mol. The fraction of sp³-hybridized carbons (Fsp3) is 0.0588. The summed E-state index contributed by atoms with van der Waals surface area (Å²) in [5.41, 5.74) is 2.75. The Morgan fingerprint density at radius 3 is 2.64 bits per heavy atom. The van der Waals surface area contributed by atoms with Gasteiger partial charge in [-0.15, -0.1) is 0 Å². The summed E-state index contributed by atoms with van der Waals surface area (Å²) in [5.74, 6) is 0.218. The maximum atomic E-state index is 12.9. The average molecular weight is 293 g/mol. The zero-order chi connectivity index (χ0) is 15.5. The lowest BCUT2D eigenvalue weighted by molar-refractivity contribution is 0.418. The molecule has 0 radical (unpaired) electrons. The van der Waals surface area contributed by atoms with E-state index in [0.29, 0.717) is 17.0 Å². The molecule has 1 heterocycles. The maximum Gasteiger partial charge on any atom is 0.148 e. The number of aromatic nitrogens is 2. The summed E-state index contributed by atoms with van der Waals surface area (Å²) >= 11 is 0. The zero-order valence-corrected chi connectivity index (χ0v) is 11.8. The number of H-pyrrole nitrogens is 1. The van der Waals surface area contributed by atoms with Gasteiger partial charge in [-0.3, -0.25) is 5.10 Å². The third-order valence-corrected chi connectivity index (χ3v) is 3.34. The average Bonchev–Trinajstić information content (AvgIpc) is 2.96. The van der Waals surface area contributed by atoms with Crippen LogP contribution in [-0.2, 0) is 0 Å². The minimum atomic E-state index is -0.275. The lowest BCUT2D eigenvalue weighted by Crippen LogP contribution is -1.89. The molecule has 0 unspecified atom stereocenters. The van der Waals surface area contributed by atoms with Gasteiger partial charge in [-0.2, -0.15) is 10.4 Å². The molecule has 2 aromatic carbocycles. The van der Waals surface area contributed by atoms with Crippen molar-refractivity contribution in [3.8, 4) is 11.8 Å². The van der Waals surface area contributed by atoms with Crippen LogP contribution in [0.1, 0.15) is 16.8 Å². The molecule has 0 aliphatic carbocycles. The maximum absolute atomic E-state index is 12.9. The van der Waals surface area contributed by atoms with Crippen molar-refractivity contribution >= 4 is 23.1 Å². The number of nitrogens with one attached hydrogen (secondary N) is 1. The highest BCUT2D eigenvalue weighted by molar-refractivity contribution is 5.95. The van der Waals surface area contributed by atoms with Crippen LogP contribution in [-0.4, -0.2) is 17.3 Å². The lowest BCUT2D eigenvalue weighted by Gasteiger charge is -2.04. The number of methoxy groups -OCH3 is 1. The van der Waals surface area contributed by atoms with E-state index in [9.17, 15) is 4.39 Å². The SMILES string of the molecule is COc1c(C#N)ccc2[nH]nc(/C=C/c3ccc(F)cc3)c12. The van der Waals surface area contributed by atoms with Gasteiger partial charge in [-0.25, -0.2) is 4.39 Å². The molecule has 22 heavy (non-hydrogen) atoms. The van der Waals surface area contributed by atoms with Crippen LogP contribution in [0.25, 0.3) is 23.1 Å². The molecule has 0 aliphatic rings. The molecule has 1 aromatic heterocycles. The number of fused-ring (bicyclic) bond motifs is 1. The van der Waals surface area contributed by atoms with E-state index in [0.717, 1.165) is 16.5 Å². The van der Waals surface area contributed by atoms with E-state index in [2.05, 4.69) is 16.3 Å². The first kappa shape index (κ1) is 13.8. The fourth-order valence-electron chi connectivity index (χ4n) is 2.28. The summed E-state index contributed by atoms with van der Waals surface area (Å²) < 4.78 is 18.3. The van der Waals surface area contributed by atoms with Crippen molar-refractivity contribution in [2.75, 3.05) is 7.11 Å². The third-order valence-electron chi connectivity index (χ3n) is 3.34. The molecule has 0 atom stereocenters. The fourth-order valence-corrected chi connectivity index (χ4v) is 2.28. The van der Waals surface area contributed by atoms with E-state index in [1.165, 1.54) is 19.2 Å². The molecule has 0 spiro atoms. The van der Waals surface area contributed by atoms with Gasteiger partial charge in [0, 0.05) is 0 Å². The molecular formula is C17H12FN3O. The van der Waals surface area contributed by atoms with Crippen LogP contribution < -0.4 is 4.74 Å². The standard InChI is InChI=1S/C17H12FN3O/c1-22-17-12(10-19)5-9-15-16(17)14(20-21-15)8-4-11-2-6-13(18)7-3-11/h2-9H,1H3,(H,20,21)/b8-4+. The number of ether oxygens (including phenoxy) is 1. The highest BCUT2D eigenvalue weighted by atomic mass is 19.1. The predicted octanol–water partition coefficient (Wildman–Crippen LogP) is 3.75. The van der Waals surface area contributed by atoms with Crippen molar-refractivity contribution in [3.63, 3.8) is 0 Å². The van der Waals surface area contributed by atoms with Gasteiger partial charge >= 0.3 is 0 Å². The highest BCUT2D eigenvalue weighted by Crippen LogP contribution is 2.31. The second kappa shape index (κ2) is 5.70. The Bertz CT molecular complexity index is 889. The molecule has 0 saturated carbocycles. The topological polar surface area (TPSA) is 61.7 Å². The summed E-state index contributed by atoms with van der Waals surface area (Å²) in [7, 11) is 1.52. The van der Waals surface area contributed by atoms with Gasteiger partial charge in [0.2, 0.25) is 0 Å². The Hall–Kier alpha value is -3.13. The van der Waals surface area contributed by atoms with Gasteiger partial charge in [0.05, 0.1) is 29.3 Å². The van der Waals surface area contributed by atoms with Gasteiger partial charge in [0.25, 0.3) is 0 Å². The van der Waals surface area contributed by atoms with Gasteiger partial charge in [-0.1, -0.05) is 18.2 Å². The molecule has 4 nitrogen and oxygen atoms in total.